The first-order chi connectivity index (χ1) is 9.13. The first-order valence-corrected chi connectivity index (χ1v) is 6.50. The van der Waals surface area contributed by atoms with Gasteiger partial charge in [0.05, 0.1) is 23.1 Å². The SMILES string of the molecule is O=[N+]([O-])c1ccc(Cl)cc1[C@H](CO)N1CCNCC1. The number of aliphatic hydroxyl groups is 1. The number of aliphatic hydroxyl groups excluding tert-OH is 1. The number of nitro groups is 1. The summed E-state index contributed by atoms with van der Waals surface area (Å²) in [6.45, 7) is 2.95. The second kappa shape index (κ2) is 6.29. The number of nitrogens with zero attached hydrogens (tertiary/aromatic N) is 2. The highest BCUT2D eigenvalue weighted by Crippen LogP contribution is 2.31. The summed E-state index contributed by atoms with van der Waals surface area (Å²) in [7, 11) is 0. The van der Waals surface area contributed by atoms with Crippen molar-refractivity contribution < 1.29 is 10.0 Å². The van der Waals surface area contributed by atoms with Crippen LogP contribution in [0, 0.1) is 10.1 Å². The van der Waals surface area contributed by atoms with Gasteiger partial charge in [0, 0.05) is 37.3 Å². The number of nitro benzene ring substituents is 1. The first kappa shape index (κ1) is 14.2. The molecule has 0 radical (unpaired) electrons. The van der Waals surface area contributed by atoms with Crippen LogP contribution in [-0.2, 0) is 0 Å². The molecule has 1 aliphatic heterocycles. The molecule has 1 aromatic carbocycles. The molecule has 1 aliphatic rings. The molecule has 1 aromatic rings. The van der Waals surface area contributed by atoms with Gasteiger partial charge in [-0.25, -0.2) is 0 Å². The van der Waals surface area contributed by atoms with Gasteiger partial charge in [0.2, 0.25) is 0 Å². The van der Waals surface area contributed by atoms with E-state index in [9.17, 15) is 15.2 Å². The number of hydrogen-bond acceptors (Lipinski definition) is 5. The Morgan fingerprint density at radius 2 is 2.16 bits per heavy atom. The molecule has 1 saturated heterocycles. The van der Waals surface area contributed by atoms with E-state index in [0.29, 0.717) is 10.6 Å². The summed E-state index contributed by atoms with van der Waals surface area (Å²) in [4.78, 5) is 12.7. The lowest BCUT2D eigenvalue weighted by molar-refractivity contribution is -0.386. The molecule has 0 bridgehead atoms. The monoisotopic (exact) mass is 285 g/mol. The molecule has 6 nitrogen and oxygen atoms in total. The molecule has 0 aliphatic carbocycles. The molecule has 2 rings (SSSR count). The number of hydrogen-bond donors (Lipinski definition) is 2. The third-order valence-electron chi connectivity index (χ3n) is 3.31. The summed E-state index contributed by atoms with van der Waals surface area (Å²) in [5.74, 6) is 0. The third kappa shape index (κ3) is 3.22. The van der Waals surface area contributed by atoms with E-state index in [-0.39, 0.29) is 18.3 Å². The summed E-state index contributed by atoms with van der Waals surface area (Å²) in [6.07, 6.45) is 0. The van der Waals surface area contributed by atoms with E-state index in [1.807, 2.05) is 4.90 Å². The van der Waals surface area contributed by atoms with Crippen LogP contribution in [0.5, 0.6) is 0 Å². The molecule has 0 spiro atoms. The van der Waals surface area contributed by atoms with Gasteiger partial charge in [-0.3, -0.25) is 15.0 Å². The van der Waals surface area contributed by atoms with E-state index in [4.69, 9.17) is 11.6 Å². The Morgan fingerprint density at radius 1 is 1.47 bits per heavy atom. The van der Waals surface area contributed by atoms with E-state index < -0.39 is 4.92 Å². The molecule has 0 amide bonds. The van der Waals surface area contributed by atoms with Gasteiger partial charge in [0.25, 0.3) is 5.69 Å². The van der Waals surface area contributed by atoms with Crippen LogP contribution in [0.4, 0.5) is 5.69 Å². The number of piperazine rings is 1. The second-order valence-electron chi connectivity index (χ2n) is 4.44. The van der Waals surface area contributed by atoms with Gasteiger partial charge in [0.1, 0.15) is 0 Å². The molecular weight excluding hydrogens is 270 g/mol. The van der Waals surface area contributed by atoms with Crippen LogP contribution in [0.2, 0.25) is 5.02 Å². The molecule has 0 aromatic heterocycles. The van der Waals surface area contributed by atoms with E-state index in [0.717, 1.165) is 26.2 Å². The average Bonchev–Trinajstić information content (AvgIpc) is 2.40. The minimum atomic E-state index is -0.434. The highest BCUT2D eigenvalue weighted by atomic mass is 35.5. The topological polar surface area (TPSA) is 78.6 Å². The molecule has 2 N–H and O–H groups in total. The Bertz CT molecular complexity index is 464. The zero-order chi connectivity index (χ0) is 13.8. The van der Waals surface area contributed by atoms with Gasteiger partial charge in [-0.1, -0.05) is 11.6 Å². The Labute approximate surface area is 116 Å². The quantitative estimate of drug-likeness (QED) is 0.642. The van der Waals surface area contributed by atoms with Crippen molar-refractivity contribution in [2.24, 2.45) is 0 Å². The van der Waals surface area contributed by atoms with Gasteiger partial charge >= 0.3 is 0 Å². The minimum Gasteiger partial charge on any atom is -0.394 e. The highest BCUT2D eigenvalue weighted by molar-refractivity contribution is 6.30. The summed E-state index contributed by atoms with van der Waals surface area (Å²) in [6, 6.07) is 4.07. The van der Waals surface area contributed by atoms with Crippen molar-refractivity contribution in [1.82, 2.24) is 10.2 Å². The largest absolute Gasteiger partial charge is 0.394 e. The highest BCUT2D eigenvalue weighted by Gasteiger charge is 2.27. The standard InChI is InChI=1S/C12H16ClN3O3/c13-9-1-2-11(16(18)19)10(7-9)12(8-17)15-5-3-14-4-6-15/h1-2,7,12,14,17H,3-6,8H2/t12-/m0/s1. The summed E-state index contributed by atoms with van der Waals surface area (Å²) in [5.41, 5.74) is 0.476. The van der Waals surface area contributed by atoms with Crippen LogP contribution >= 0.6 is 11.6 Å². The molecule has 104 valence electrons. The van der Waals surface area contributed by atoms with Crippen molar-refractivity contribution in [3.05, 3.63) is 38.9 Å². The maximum atomic E-state index is 11.1. The Balaban J connectivity index is 2.35. The summed E-state index contributed by atoms with van der Waals surface area (Å²) in [5, 5.41) is 24.3. The van der Waals surface area contributed by atoms with Crippen LogP contribution in [-0.4, -0.2) is 47.7 Å². The van der Waals surface area contributed by atoms with Crippen molar-refractivity contribution in [3.63, 3.8) is 0 Å². The number of rotatable bonds is 4. The van der Waals surface area contributed by atoms with Gasteiger partial charge in [-0.15, -0.1) is 0 Å². The maximum Gasteiger partial charge on any atom is 0.274 e. The second-order valence-corrected chi connectivity index (χ2v) is 4.88. The predicted octanol–water partition coefficient (Wildman–Crippen LogP) is 1.19. The van der Waals surface area contributed by atoms with Crippen LogP contribution in [0.1, 0.15) is 11.6 Å². The zero-order valence-electron chi connectivity index (χ0n) is 10.4. The smallest absolute Gasteiger partial charge is 0.274 e. The molecule has 1 atom stereocenters. The van der Waals surface area contributed by atoms with Crippen LogP contribution in [0.3, 0.4) is 0 Å². The molecular formula is C12H16ClN3O3. The van der Waals surface area contributed by atoms with E-state index >= 15 is 0 Å². The normalized spacial score (nSPS) is 18.2. The van der Waals surface area contributed by atoms with Gasteiger partial charge in [0.15, 0.2) is 0 Å². The lowest BCUT2D eigenvalue weighted by Crippen LogP contribution is -2.46. The molecule has 1 fully saturated rings. The van der Waals surface area contributed by atoms with Crippen molar-refractivity contribution >= 4 is 17.3 Å². The summed E-state index contributed by atoms with van der Waals surface area (Å²) < 4.78 is 0. The van der Waals surface area contributed by atoms with Gasteiger partial charge < -0.3 is 10.4 Å². The zero-order valence-corrected chi connectivity index (χ0v) is 11.1. The van der Waals surface area contributed by atoms with Crippen LogP contribution in [0.15, 0.2) is 18.2 Å². The van der Waals surface area contributed by atoms with Crippen LogP contribution in [0.25, 0.3) is 0 Å². The van der Waals surface area contributed by atoms with Crippen molar-refractivity contribution in [2.45, 2.75) is 6.04 Å². The fraction of sp³-hybridized carbons (Fsp3) is 0.500. The Kier molecular flexibility index (Phi) is 4.71. The lowest BCUT2D eigenvalue weighted by atomic mass is 10.0. The Hall–Kier alpha value is -1.21. The van der Waals surface area contributed by atoms with E-state index in [2.05, 4.69) is 5.32 Å². The number of halogens is 1. The van der Waals surface area contributed by atoms with Crippen molar-refractivity contribution in [3.8, 4) is 0 Å². The molecule has 7 heteroatoms. The minimum absolute atomic E-state index is 0.00184. The van der Waals surface area contributed by atoms with Crippen molar-refractivity contribution in [2.75, 3.05) is 32.8 Å². The predicted molar refractivity (Wildman–Crippen MR) is 72.4 cm³/mol. The molecule has 0 saturated carbocycles. The van der Waals surface area contributed by atoms with E-state index in [1.54, 1.807) is 6.07 Å². The number of benzene rings is 1. The van der Waals surface area contributed by atoms with Gasteiger partial charge in [-0.2, -0.15) is 0 Å². The third-order valence-corrected chi connectivity index (χ3v) is 3.55. The van der Waals surface area contributed by atoms with Crippen LogP contribution < -0.4 is 5.32 Å². The fourth-order valence-corrected chi connectivity index (χ4v) is 2.54. The molecule has 0 unspecified atom stereocenters. The first-order valence-electron chi connectivity index (χ1n) is 6.13. The number of nitrogens with one attached hydrogen (secondary N) is 1. The maximum absolute atomic E-state index is 11.1. The lowest BCUT2D eigenvalue weighted by Gasteiger charge is -2.33. The Morgan fingerprint density at radius 3 is 2.74 bits per heavy atom. The molecule has 1 heterocycles. The fourth-order valence-electron chi connectivity index (χ4n) is 2.36. The van der Waals surface area contributed by atoms with E-state index in [1.165, 1.54) is 12.1 Å². The van der Waals surface area contributed by atoms with Gasteiger partial charge in [-0.05, 0) is 12.1 Å². The van der Waals surface area contributed by atoms with Crippen molar-refractivity contribution in [1.29, 1.82) is 0 Å². The molecule has 19 heavy (non-hydrogen) atoms. The average molecular weight is 286 g/mol. The summed E-state index contributed by atoms with van der Waals surface area (Å²) >= 11 is 5.93.